The van der Waals surface area contributed by atoms with Gasteiger partial charge in [0.25, 0.3) is 0 Å². The minimum Gasteiger partial charge on any atom is -0.351 e. The number of anilines is 1. The summed E-state index contributed by atoms with van der Waals surface area (Å²) in [6.07, 6.45) is 0. The fourth-order valence-electron chi connectivity index (χ4n) is 3.06. The Hall–Kier alpha value is -1.07. The van der Waals surface area contributed by atoms with E-state index in [1.54, 1.807) is 0 Å². The van der Waals surface area contributed by atoms with Gasteiger partial charge in [0.05, 0.1) is 5.69 Å². The number of likely N-dealkylation sites (N-methyl/N-ethyl adjacent to an activating group) is 1. The number of nitrogens with one attached hydrogen (secondary N) is 1. The van der Waals surface area contributed by atoms with Crippen LogP contribution in [0.15, 0.2) is 0 Å². The first-order valence-corrected chi connectivity index (χ1v) is 7.91. The van der Waals surface area contributed by atoms with Gasteiger partial charge in [-0.1, -0.05) is 0 Å². The summed E-state index contributed by atoms with van der Waals surface area (Å²) in [4.78, 5) is 4.91. The maximum Gasteiger partial charge on any atom is 0.131 e. The van der Waals surface area contributed by atoms with Crippen molar-refractivity contribution in [2.75, 3.05) is 31.6 Å². The van der Waals surface area contributed by atoms with Crippen LogP contribution in [0.4, 0.5) is 5.82 Å². The summed E-state index contributed by atoms with van der Waals surface area (Å²) < 4.78 is 2.05. The van der Waals surface area contributed by atoms with Gasteiger partial charge in [-0.15, -0.1) is 0 Å². The molecule has 1 aliphatic heterocycles. The van der Waals surface area contributed by atoms with Crippen molar-refractivity contribution in [3.05, 3.63) is 11.3 Å². The Labute approximate surface area is 129 Å². The molecule has 0 aromatic carbocycles. The van der Waals surface area contributed by atoms with E-state index in [1.165, 1.54) is 11.4 Å². The molecule has 1 atom stereocenters. The Morgan fingerprint density at radius 3 is 2.48 bits per heavy atom. The van der Waals surface area contributed by atoms with Gasteiger partial charge in [0, 0.05) is 50.4 Å². The first-order chi connectivity index (χ1) is 9.69. The first-order valence-electron chi connectivity index (χ1n) is 7.91. The molecule has 2 heterocycles. The highest BCUT2D eigenvalue weighted by atomic mass is 15.4. The largest absolute Gasteiger partial charge is 0.351 e. The molecule has 1 aromatic heterocycles. The third-order valence-electron chi connectivity index (χ3n) is 4.21. The molecule has 1 saturated heterocycles. The Morgan fingerprint density at radius 2 is 1.90 bits per heavy atom. The molecule has 1 aliphatic rings. The van der Waals surface area contributed by atoms with Crippen molar-refractivity contribution in [1.29, 1.82) is 0 Å². The lowest BCUT2D eigenvalue weighted by atomic mass is 10.1. The van der Waals surface area contributed by atoms with E-state index < -0.39 is 0 Å². The summed E-state index contributed by atoms with van der Waals surface area (Å²) >= 11 is 0. The zero-order chi connectivity index (χ0) is 15.8. The van der Waals surface area contributed by atoms with Crippen molar-refractivity contribution in [3.63, 3.8) is 0 Å². The number of aryl methyl sites for hydroxylation is 2. The standard InChI is InChI=1S/C16H31N5/c1-12-11-19(6)8-9-21(12)15-14(10-17-16(3,4)5)13(2)18-20(15)7/h12,17H,8-11H2,1-7H3. The van der Waals surface area contributed by atoms with Crippen LogP contribution >= 0.6 is 0 Å². The molecule has 1 N–H and O–H groups in total. The average molecular weight is 293 g/mol. The van der Waals surface area contributed by atoms with E-state index in [-0.39, 0.29) is 5.54 Å². The Balaban J connectivity index is 2.26. The van der Waals surface area contributed by atoms with Gasteiger partial charge in [0.2, 0.25) is 0 Å². The van der Waals surface area contributed by atoms with Crippen LogP contribution in [0.5, 0.6) is 0 Å². The summed E-state index contributed by atoms with van der Waals surface area (Å²) in [6.45, 7) is 15.2. The summed E-state index contributed by atoms with van der Waals surface area (Å²) in [6, 6.07) is 0.520. The van der Waals surface area contributed by atoms with E-state index in [0.29, 0.717) is 6.04 Å². The van der Waals surface area contributed by atoms with Crippen molar-refractivity contribution < 1.29 is 0 Å². The summed E-state index contributed by atoms with van der Waals surface area (Å²) in [5.74, 6) is 1.28. The van der Waals surface area contributed by atoms with Gasteiger partial charge in [-0.25, -0.2) is 0 Å². The van der Waals surface area contributed by atoms with Crippen molar-refractivity contribution in [2.24, 2.45) is 7.05 Å². The van der Waals surface area contributed by atoms with Crippen LogP contribution < -0.4 is 10.2 Å². The lowest BCUT2D eigenvalue weighted by Crippen LogP contribution is -2.51. The Bertz CT molecular complexity index is 486. The molecule has 1 fully saturated rings. The minimum atomic E-state index is 0.118. The molecule has 0 radical (unpaired) electrons. The van der Waals surface area contributed by atoms with Crippen molar-refractivity contribution in [3.8, 4) is 0 Å². The van der Waals surface area contributed by atoms with Gasteiger partial charge in [0.1, 0.15) is 5.82 Å². The normalized spacial score (nSPS) is 21.1. The minimum absolute atomic E-state index is 0.118. The van der Waals surface area contributed by atoms with Gasteiger partial charge in [-0.3, -0.25) is 4.68 Å². The van der Waals surface area contributed by atoms with E-state index >= 15 is 0 Å². The zero-order valence-electron chi connectivity index (χ0n) is 14.7. The van der Waals surface area contributed by atoms with Gasteiger partial charge in [0.15, 0.2) is 0 Å². The zero-order valence-corrected chi connectivity index (χ0v) is 14.7. The van der Waals surface area contributed by atoms with E-state index in [1.807, 2.05) is 0 Å². The second kappa shape index (κ2) is 5.97. The highest BCUT2D eigenvalue weighted by molar-refractivity contribution is 5.51. The lowest BCUT2D eigenvalue weighted by Gasteiger charge is -2.40. The van der Waals surface area contributed by atoms with Gasteiger partial charge >= 0.3 is 0 Å². The lowest BCUT2D eigenvalue weighted by molar-refractivity contribution is 0.273. The van der Waals surface area contributed by atoms with Crippen LogP contribution in [0.25, 0.3) is 0 Å². The molecular weight excluding hydrogens is 262 g/mol. The topological polar surface area (TPSA) is 36.3 Å². The predicted octanol–water partition coefficient (Wildman–Crippen LogP) is 1.76. The van der Waals surface area contributed by atoms with Gasteiger partial charge in [-0.2, -0.15) is 5.10 Å². The van der Waals surface area contributed by atoms with E-state index in [4.69, 9.17) is 0 Å². The highest BCUT2D eigenvalue weighted by Gasteiger charge is 2.27. The fraction of sp³-hybridized carbons (Fsp3) is 0.812. The van der Waals surface area contributed by atoms with Crippen LogP contribution in [0.3, 0.4) is 0 Å². The molecule has 0 aliphatic carbocycles. The molecule has 5 nitrogen and oxygen atoms in total. The molecule has 0 spiro atoms. The van der Waals surface area contributed by atoms with Crippen molar-refractivity contribution >= 4 is 5.82 Å². The highest BCUT2D eigenvalue weighted by Crippen LogP contribution is 2.27. The molecule has 5 heteroatoms. The van der Waals surface area contributed by atoms with Crippen molar-refractivity contribution in [2.45, 2.75) is 52.7 Å². The second-order valence-corrected chi connectivity index (χ2v) is 7.42. The fourth-order valence-corrected chi connectivity index (χ4v) is 3.06. The quantitative estimate of drug-likeness (QED) is 0.921. The Kier molecular flexibility index (Phi) is 4.63. The average Bonchev–Trinajstić information content (AvgIpc) is 2.61. The van der Waals surface area contributed by atoms with E-state index in [0.717, 1.165) is 31.9 Å². The SMILES string of the molecule is Cc1nn(C)c(N2CCN(C)CC2C)c1CNC(C)(C)C. The number of nitrogens with zero attached hydrogens (tertiary/aromatic N) is 4. The smallest absolute Gasteiger partial charge is 0.131 e. The van der Waals surface area contributed by atoms with Crippen LogP contribution in [-0.4, -0.2) is 52.9 Å². The van der Waals surface area contributed by atoms with Gasteiger partial charge in [-0.05, 0) is 41.7 Å². The molecule has 1 aromatic rings. The van der Waals surface area contributed by atoms with Crippen molar-refractivity contribution in [1.82, 2.24) is 20.0 Å². The molecular formula is C16H31N5. The number of aromatic nitrogens is 2. The third kappa shape index (κ3) is 3.77. The Morgan fingerprint density at radius 1 is 1.24 bits per heavy atom. The first kappa shape index (κ1) is 16.3. The van der Waals surface area contributed by atoms with Crippen LogP contribution in [0, 0.1) is 6.92 Å². The summed E-state index contributed by atoms with van der Waals surface area (Å²) in [5, 5.41) is 8.27. The van der Waals surface area contributed by atoms with Gasteiger partial charge < -0.3 is 15.1 Å². The molecule has 2 rings (SSSR count). The molecule has 1 unspecified atom stereocenters. The predicted molar refractivity (Wildman–Crippen MR) is 88.8 cm³/mol. The van der Waals surface area contributed by atoms with Crippen LogP contribution in [-0.2, 0) is 13.6 Å². The number of hydrogen-bond acceptors (Lipinski definition) is 4. The number of hydrogen-bond donors (Lipinski definition) is 1. The molecule has 0 amide bonds. The summed E-state index contributed by atoms with van der Waals surface area (Å²) in [5.41, 5.74) is 2.59. The van der Waals surface area contributed by atoms with E-state index in [9.17, 15) is 0 Å². The molecule has 0 saturated carbocycles. The second-order valence-electron chi connectivity index (χ2n) is 7.42. The number of rotatable bonds is 3. The van der Waals surface area contributed by atoms with Crippen LogP contribution in [0.1, 0.15) is 39.0 Å². The third-order valence-corrected chi connectivity index (χ3v) is 4.21. The summed E-state index contributed by atoms with van der Waals surface area (Å²) in [7, 11) is 4.26. The van der Waals surface area contributed by atoms with Crippen LogP contribution in [0.2, 0.25) is 0 Å². The maximum atomic E-state index is 4.66. The molecule has 0 bridgehead atoms. The molecule has 120 valence electrons. The maximum absolute atomic E-state index is 4.66. The molecule has 21 heavy (non-hydrogen) atoms. The number of piperazine rings is 1. The van der Waals surface area contributed by atoms with E-state index in [2.05, 4.69) is 73.6 Å². The monoisotopic (exact) mass is 293 g/mol.